The minimum absolute atomic E-state index is 0.535. The molecule has 4 nitrogen and oxygen atoms in total. The highest BCUT2D eigenvalue weighted by Gasteiger charge is 2.31. The Morgan fingerprint density at radius 1 is 1.47 bits per heavy atom. The van der Waals surface area contributed by atoms with E-state index < -0.39 is 5.60 Å². The Morgan fingerprint density at radius 3 is 2.94 bits per heavy atom. The van der Waals surface area contributed by atoms with Gasteiger partial charge in [-0.2, -0.15) is 0 Å². The van der Waals surface area contributed by atoms with Crippen LogP contribution in [0, 0.1) is 5.92 Å². The molecule has 1 heterocycles. The molecule has 4 heteroatoms. The van der Waals surface area contributed by atoms with Crippen molar-refractivity contribution in [3.8, 4) is 0 Å². The van der Waals surface area contributed by atoms with Gasteiger partial charge in [0.25, 0.3) is 0 Å². The smallest absolute Gasteiger partial charge is 0.141 e. The van der Waals surface area contributed by atoms with E-state index in [9.17, 15) is 5.11 Å². The van der Waals surface area contributed by atoms with Crippen molar-refractivity contribution in [3.63, 3.8) is 0 Å². The molecule has 17 heavy (non-hydrogen) atoms. The highest BCUT2D eigenvalue weighted by Crippen LogP contribution is 2.31. The van der Waals surface area contributed by atoms with Crippen LogP contribution in [0.2, 0.25) is 0 Å². The quantitative estimate of drug-likeness (QED) is 0.830. The van der Waals surface area contributed by atoms with Crippen LogP contribution >= 0.6 is 0 Å². The SMILES string of the molecule is CC1CCCC(O)(CNCc2ncccn2)C1. The summed E-state index contributed by atoms with van der Waals surface area (Å²) in [6.45, 7) is 3.47. The third-order valence-electron chi connectivity index (χ3n) is 3.42. The van der Waals surface area contributed by atoms with Crippen molar-refractivity contribution in [1.82, 2.24) is 15.3 Å². The Hall–Kier alpha value is -1.00. The molecule has 0 aromatic carbocycles. The molecular formula is C13H21N3O. The van der Waals surface area contributed by atoms with Gasteiger partial charge in [0.2, 0.25) is 0 Å². The third kappa shape index (κ3) is 3.75. The average molecular weight is 235 g/mol. The van der Waals surface area contributed by atoms with Gasteiger partial charge in [-0.25, -0.2) is 9.97 Å². The van der Waals surface area contributed by atoms with Crippen LogP contribution in [-0.4, -0.2) is 27.2 Å². The van der Waals surface area contributed by atoms with Crippen LogP contribution in [0.1, 0.15) is 38.4 Å². The Labute approximate surface area is 102 Å². The molecule has 1 aliphatic carbocycles. The predicted octanol–water partition coefficient (Wildman–Crippen LogP) is 1.51. The molecule has 0 spiro atoms. The van der Waals surface area contributed by atoms with Crippen molar-refractivity contribution < 1.29 is 5.11 Å². The van der Waals surface area contributed by atoms with Crippen molar-refractivity contribution in [2.24, 2.45) is 5.92 Å². The van der Waals surface area contributed by atoms with Crippen molar-refractivity contribution >= 4 is 0 Å². The lowest BCUT2D eigenvalue weighted by molar-refractivity contribution is -0.0120. The maximum Gasteiger partial charge on any atom is 0.141 e. The summed E-state index contributed by atoms with van der Waals surface area (Å²) in [5.41, 5.74) is -0.535. The predicted molar refractivity (Wildman–Crippen MR) is 66.3 cm³/mol. The molecule has 1 saturated carbocycles. The average Bonchev–Trinajstić information content (AvgIpc) is 2.30. The molecule has 0 saturated heterocycles. The second-order valence-electron chi connectivity index (χ2n) is 5.19. The first-order chi connectivity index (χ1) is 8.18. The van der Waals surface area contributed by atoms with E-state index in [0.29, 0.717) is 19.0 Å². The zero-order valence-electron chi connectivity index (χ0n) is 10.4. The highest BCUT2D eigenvalue weighted by atomic mass is 16.3. The van der Waals surface area contributed by atoms with E-state index >= 15 is 0 Å². The van der Waals surface area contributed by atoms with E-state index in [0.717, 1.165) is 25.1 Å². The fourth-order valence-corrected chi connectivity index (χ4v) is 2.62. The Bertz CT molecular complexity index is 344. The van der Waals surface area contributed by atoms with Crippen LogP contribution < -0.4 is 5.32 Å². The maximum atomic E-state index is 10.4. The number of aliphatic hydroxyl groups is 1. The summed E-state index contributed by atoms with van der Waals surface area (Å²) in [5, 5.41) is 13.7. The van der Waals surface area contributed by atoms with E-state index in [4.69, 9.17) is 0 Å². The standard InChI is InChI=1S/C13H21N3O/c1-11-4-2-5-13(17,8-11)10-14-9-12-15-6-3-7-16-12/h3,6-7,11,14,17H,2,4-5,8-10H2,1H3. The monoisotopic (exact) mass is 235 g/mol. The molecule has 94 valence electrons. The van der Waals surface area contributed by atoms with E-state index in [-0.39, 0.29) is 0 Å². The van der Waals surface area contributed by atoms with Gasteiger partial charge in [0.1, 0.15) is 5.82 Å². The van der Waals surface area contributed by atoms with Gasteiger partial charge in [-0.1, -0.05) is 19.8 Å². The van der Waals surface area contributed by atoms with Crippen LogP contribution in [0.15, 0.2) is 18.5 Å². The molecule has 1 aromatic heterocycles. The fraction of sp³-hybridized carbons (Fsp3) is 0.692. The zero-order valence-corrected chi connectivity index (χ0v) is 10.4. The summed E-state index contributed by atoms with van der Waals surface area (Å²) in [6, 6.07) is 1.81. The molecule has 1 fully saturated rings. The van der Waals surface area contributed by atoms with E-state index in [1.807, 2.05) is 0 Å². The Balaban J connectivity index is 1.78. The van der Waals surface area contributed by atoms with Gasteiger partial charge in [0, 0.05) is 18.9 Å². The first-order valence-electron chi connectivity index (χ1n) is 6.37. The minimum Gasteiger partial charge on any atom is -0.389 e. The highest BCUT2D eigenvalue weighted by molar-refractivity contribution is 4.90. The van der Waals surface area contributed by atoms with Gasteiger partial charge < -0.3 is 10.4 Å². The van der Waals surface area contributed by atoms with E-state index in [1.165, 1.54) is 6.42 Å². The molecule has 2 unspecified atom stereocenters. The fourth-order valence-electron chi connectivity index (χ4n) is 2.62. The third-order valence-corrected chi connectivity index (χ3v) is 3.42. The van der Waals surface area contributed by atoms with Gasteiger partial charge in [-0.05, 0) is 24.8 Å². The van der Waals surface area contributed by atoms with Crippen LogP contribution in [0.25, 0.3) is 0 Å². The molecule has 2 atom stereocenters. The molecule has 2 rings (SSSR count). The molecular weight excluding hydrogens is 214 g/mol. The second-order valence-corrected chi connectivity index (χ2v) is 5.19. The topological polar surface area (TPSA) is 58.0 Å². The lowest BCUT2D eigenvalue weighted by Gasteiger charge is -2.35. The molecule has 0 bridgehead atoms. The number of rotatable bonds is 4. The lowest BCUT2D eigenvalue weighted by atomic mass is 9.79. The van der Waals surface area contributed by atoms with Crippen LogP contribution in [0.4, 0.5) is 0 Å². The largest absolute Gasteiger partial charge is 0.389 e. The second kappa shape index (κ2) is 5.56. The first kappa shape index (κ1) is 12.5. The first-order valence-corrected chi connectivity index (χ1v) is 6.37. The number of hydrogen-bond acceptors (Lipinski definition) is 4. The minimum atomic E-state index is -0.535. The van der Waals surface area contributed by atoms with Crippen LogP contribution in [-0.2, 0) is 6.54 Å². The van der Waals surface area contributed by atoms with Gasteiger partial charge >= 0.3 is 0 Å². The van der Waals surface area contributed by atoms with Gasteiger partial charge in [-0.15, -0.1) is 0 Å². The molecule has 2 N–H and O–H groups in total. The number of hydrogen-bond donors (Lipinski definition) is 2. The number of aromatic nitrogens is 2. The number of nitrogens with one attached hydrogen (secondary N) is 1. The van der Waals surface area contributed by atoms with Crippen molar-refractivity contribution in [1.29, 1.82) is 0 Å². The van der Waals surface area contributed by atoms with Gasteiger partial charge in [-0.3, -0.25) is 0 Å². The molecule has 0 radical (unpaired) electrons. The Morgan fingerprint density at radius 2 is 2.24 bits per heavy atom. The van der Waals surface area contributed by atoms with E-state index in [2.05, 4.69) is 22.2 Å². The van der Waals surface area contributed by atoms with Crippen LogP contribution in [0.5, 0.6) is 0 Å². The summed E-state index contributed by atoms with van der Waals surface area (Å²) >= 11 is 0. The summed E-state index contributed by atoms with van der Waals surface area (Å²) in [7, 11) is 0. The van der Waals surface area contributed by atoms with Crippen molar-refractivity contribution in [3.05, 3.63) is 24.3 Å². The zero-order chi connectivity index (χ0) is 12.1. The normalized spacial score (nSPS) is 29.2. The molecule has 1 aromatic rings. The van der Waals surface area contributed by atoms with Crippen LogP contribution in [0.3, 0.4) is 0 Å². The number of nitrogens with zero attached hydrogens (tertiary/aromatic N) is 2. The Kier molecular flexibility index (Phi) is 4.07. The molecule has 1 aliphatic rings. The van der Waals surface area contributed by atoms with Crippen molar-refractivity contribution in [2.45, 2.75) is 44.8 Å². The summed E-state index contributed by atoms with van der Waals surface area (Å²) in [6.07, 6.45) is 7.64. The molecule has 0 amide bonds. The molecule has 0 aliphatic heterocycles. The van der Waals surface area contributed by atoms with E-state index in [1.54, 1.807) is 18.5 Å². The lowest BCUT2D eigenvalue weighted by Crippen LogP contribution is -2.43. The maximum absolute atomic E-state index is 10.4. The summed E-state index contributed by atoms with van der Waals surface area (Å²) < 4.78 is 0. The van der Waals surface area contributed by atoms with Gasteiger partial charge in [0.05, 0.1) is 12.1 Å². The van der Waals surface area contributed by atoms with Crippen molar-refractivity contribution in [2.75, 3.05) is 6.54 Å². The summed E-state index contributed by atoms with van der Waals surface area (Å²) in [4.78, 5) is 8.29. The summed E-state index contributed by atoms with van der Waals surface area (Å²) in [5.74, 6) is 1.41. The van der Waals surface area contributed by atoms with Gasteiger partial charge in [0.15, 0.2) is 0 Å².